The van der Waals surface area contributed by atoms with E-state index in [0.29, 0.717) is 16.9 Å². The van der Waals surface area contributed by atoms with Crippen molar-refractivity contribution in [1.82, 2.24) is 4.90 Å². The second kappa shape index (κ2) is 6.45. The predicted octanol–water partition coefficient (Wildman–Crippen LogP) is 2.56. The van der Waals surface area contributed by atoms with Crippen molar-refractivity contribution in [1.29, 1.82) is 0 Å². The van der Waals surface area contributed by atoms with E-state index in [1.54, 1.807) is 6.07 Å². The SMILES string of the molecule is O=[N+]([O-])c1cccc(CN2CCC(CO)CC2)c1Br. The molecule has 1 aliphatic heterocycles. The van der Waals surface area contributed by atoms with Crippen LogP contribution in [0.3, 0.4) is 0 Å². The van der Waals surface area contributed by atoms with E-state index in [1.165, 1.54) is 6.07 Å². The molecule has 0 aliphatic carbocycles. The van der Waals surface area contributed by atoms with Crippen molar-refractivity contribution in [3.63, 3.8) is 0 Å². The highest BCUT2D eigenvalue weighted by atomic mass is 79.9. The van der Waals surface area contributed by atoms with E-state index in [4.69, 9.17) is 5.11 Å². The largest absolute Gasteiger partial charge is 0.396 e. The summed E-state index contributed by atoms with van der Waals surface area (Å²) in [6.45, 7) is 2.83. The monoisotopic (exact) mass is 328 g/mol. The third kappa shape index (κ3) is 3.52. The Balaban J connectivity index is 2.04. The molecule has 0 aromatic heterocycles. The Hall–Kier alpha value is -0.980. The van der Waals surface area contributed by atoms with Crippen LogP contribution >= 0.6 is 15.9 Å². The summed E-state index contributed by atoms with van der Waals surface area (Å²) in [4.78, 5) is 12.8. The average Bonchev–Trinajstić information content (AvgIpc) is 2.41. The van der Waals surface area contributed by atoms with Gasteiger partial charge in [0.05, 0.1) is 9.40 Å². The number of aliphatic hydroxyl groups excluding tert-OH is 1. The summed E-state index contributed by atoms with van der Waals surface area (Å²) in [7, 11) is 0. The van der Waals surface area contributed by atoms with Crippen molar-refractivity contribution < 1.29 is 10.0 Å². The molecule has 104 valence electrons. The van der Waals surface area contributed by atoms with E-state index in [0.717, 1.165) is 31.5 Å². The highest BCUT2D eigenvalue weighted by Crippen LogP contribution is 2.30. The van der Waals surface area contributed by atoms with Crippen molar-refractivity contribution in [2.45, 2.75) is 19.4 Å². The third-order valence-corrected chi connectivity index (χ3v) is 4.53. The molecular weight excluding hydrogens is 312 g/mol. The number of hydrogen-bond acceptors (Lipinski definition) is 4. The van der Waals surface area contributed by atoms with Gasteiger partial charge in [0.1, 0.15) is 0 Å². The summed E-state index contributed by atoms with van der Waals surface area (Å²) in [5, 5.41) is 20.0. The molecule has 0 radical (unpaired) electrons. The van der Waals surface area contributed by atoms with Crippen molar-refractivity contribution in [2.75, 3.05) is 19.7 Å². The molecule has 0 atom stereocenters. The number of nitrogens with zero attached hydrogens (tertiary/aromatic N) is 2. The lowest BCUT2D eigenvalue weighted by Gasteiger charge is -2.31. The second-order valence-corrected chi connectivity index (χ2v) is 5.70. The van der Waals surface area contributed by atoms with Crippen LogP contribution in [0.15, 0.2) is 22.7 Å². The highest BCUT2D eigenvalue weighted by Gasteiger charge is 2.21. The lowest BCUT2D eigenvalue weighted by atomic mass is 9.97. The van der Waals surface area contributed by atoms with Crippen molar-refractivity contribution >= 4 is 21.6 Å². The normalized spacial score (nSPS) is 17.6. The molecule has 0 amide bonds. The van der Waals surface area contributed by atoms with Gasteiger partial charge in [-0.3, -0.25) is 15.0 Å². The summed E-state index contributed by atoms with van der Waals surface area (Å²) >= 11 is 3.33. The van der Waals surface area contributed by atoms with Gasteiger partial charge in [0.2, 0.25) is 0 Å². The molecule has 1 aliphatic rings. The Morgan fingerprint density at radius 2 is 2.11 bits per heavy atom. The first-order chi connectivity index (χ1) is 9.11. The van der Waals surface area contributed by atoms with Crippen LogP contribution in [0.2, 0.25) is 0 Å². The fourth-order valence-electron chi connectivity index (χ4n) is 2.40. The van der Waals surface area contributed by atoms with Gasteiger partial charge in [0.15, 0.2) is 0 Å². The Bertz CT molecular complexity index is 459. The smallest absolute Gasteiger partial charge is 0.283 e. The molecule has 0 bridgehead atoms. The van der Waals surface area contributed by atoms with Gasteiger partial charge < -0.3 is 5.11 Å². The zero-order valence-corrected chi connectivity index (χ0v) is 12.2. The fraction of sp³-hybridized carbons (Fsp3) is 0.538. The van der Waals surface area contributed by atoms with Crippen LogP contribution in [0.1, 0.15) is 18.4 Å². The highest BCUT2D eigenvalue weighted by molar-refractivity contribution is 9.10. The number of hydrogen-bond donors (Lipinski definition) is 1. The van der Waals surface area contributed by atoms with Crippen LogP contribution < -0.4 is 0 Å². The van der Waals surface area contributed by atoms with E-state index in [1.807, 2.05) is 6.07 Å². The molecule has 1 fully saturated rings. The number of aliphatic hydroxyl groups is 1. The van der Waals surface area contributed by atoms with E-state index in [9.17, 15) is 10.1 Å². The first-order valence-electron chi connectivity index (χ1n) is 6.36. The molecule has 0 saturated carbocycles. The fourth-order valence-corrected chi connectivity index (χ4v) is 2.93. The Kier molecular flexibility index (Phi) is 4.90. The van der Waals surface area contributed by atoms with Gasteiger partial charge in [-0.15, -0.1) is 0 Å². The molecule has 0 spiro atoms. The van der Waals surface area contributed by atoms with Crippen molar-refractivity contribution in [3.05, 3.63) is 38.3 Å². The van der Waals surface area contributed by atoms with Crippen LogP contribution in [0.4, 0.5) is 5.69 Å². The number of nitro groups is 1. The maximum absolute atomic E-state index is 10.9. The van der Waals surface area contributed by atoms with E-state index >= 15 is 0 Å². The minimum atomic E-state index is -0.369. The zero-order valence-electron chi connectivity index (χ0n) is 10.6. The van der Waals surface area contributed by atoms with Crippen LogP contribution in [0.5, 0.6) is 0 Å². The summed E-state index contributed by atoms with van der Waals surface area (Å²) < 4.78 is 0.573. The van der Waals surface area contributed by atoms with Crippen molar-refractivity contribution in [2.24, 2.45) is 5.92 Å². The lowest BCUT2D eigenvalue weighted by molar-refractivity contribution is -0.385. The number of rotatable bonds is 4. The van der Waals surface area contributed by atoms with Gasteiger partial charge in [-0.2, -0.15) is 0 Å². The molecule has 19 heavy (non-hydrogen) atoms. The number of piperidine rings is 1. The van der Waals surface area contributed by atoms with Gasteiger partial charge >= 0.3 is 0 Å². The molecule has 1 N–H and O–H groups in total. The molecule has 5 nitrogen and oxygen atoms in total. The van der Waals surface area contributed by atoms with E-state index in [-0.39, 0.29) is 17.2 Å². The minimum Gasteiger partial charge on any atom is -0.396 e. The maximum atomic E-state index is 10.9. The molecule has 1 saturated heterocycles. The molecule has 2 rings (SSSR count). The summed E-state index contributed by atoms with van der Waals surface area (Å²) in [5.74, 6) is 0.407. The standard InChI is InChI=1S/C13H17BrN2O3/c14-13-11(2-1-3-12(13)16(18)19)8-15-6-4-10(9-17)5-7-15/h1-3,10,17H,4-9H2. The van der Waals surface area contributed by atoms with Crippen LogP contribution in [0.25, 0.3) is 0 Å². The van der Waals surface area contributed by atoms with Gasteiger partial charge in [0.25, 0.3) is 5.69 Å². The van der Waals surface area contributed by atoms with Gasteiger partial charge in [0, 0.05) is 19.2 Å². The summed E-state index contributed by atoms with van der Waals surface area (Å²) in [5.41, 5.74) is 1.05. The first-order valence-corrected chi connectivity index (χ1v) is 7.16. The topological polar surface area (TPSA) is 66.6 Å². The zero-order chi connectivity index (χ0) is 13.8. The summed E-state index contributed by atoms with van der Waals surface area (Å²) in [6.07, 6.45) is 1.98. The molecule has 1 aromatic carbocycles. The number of benzene rings is 1. The Morgan fingerprint density at radius 3 is 2.68 bits per heavy atom. The van der Waals surface area contributed by atoms with Crippen LogP contribution in [-0.4, -0.2) is 34.6 Å². The van der Waals surface area contributed by atoms with E-state index in [2.05, 4.69) is 20.8 Å². The molecule has 1 aromatic rings. The summed E-state index contributed by atoms with van der Waals surface area (Å²) in [6, 6.07) is 5.14. The first kappa shape index (κ1) is 14.4. The van der Waals surface area contributed by atoms with Gasteiger partial charge in [-0.05, 0) is 53.3 Å². The number of halogens is 1. The maximum Gasteiger partial charge on any atom is 0.283 e. The van der Waals surface area contributed by atoms with Crippen molar-refractivity contribution in [3.8, 4) is 0 Å². The minimum absolute atomic E-state index is 0.114. The third-order valence-electron chi connectivity index (χ3n) is 3.61. The second-order valence-electron chi connectivity index (χ2n) is 4.91. The molecule has 0 unspecified atom stereocenters. The molecule has 1 heterocycles. The number of likely N-dealkylation sites (tertiary alicyclic amines) is 1. The van der Waals surface area contributed by atoms with E-state index < -0.39 is 0 Å². The van der Waals surface area contributed by atoms with Gasteiger partial charge in [-0.25, -0.2) is 0 Å². The quantitative estimate of drug-likeness (QED) is 0.681. The molecular formula is C13H17BrN2O3. The number of nitro benzene ring substituents is 1. The predicted molar refractivity (Wildman–Crippen MR) is 75.9 cm³/mol. The van der Waals surface area contributed by atoms with Crippen LogP contribution in [0, 0.1) is 16.0 Å². The Morgan fingerprint density at radius 1 is 1.42 bits per heavy atom. The Labute approximate surface area is 120 Å². The average molecular weight is 329 g/mol. The van der Waals surface area contributed by atoms with Crippen LogP contribution in [-0.2, 0) is 6.54 Å². The molecule has 6 heteroatoms. The lowest BCUT2D eigenvalue weighted by Crippen LogP contribution is -2.34. The van der Waals surface area contributed by atoms with Gasteiger partial charge in [-0.1, -0.05) is 12.1 Å².